The average molecular weight is 602 g/mol. The topological polar surface area (TPSA) is 57.5 Å². The van der Waals surface area contributed by atoms with E-state index in [9.17, 15) is 22.8 Å². The van der Waals surface area contributed by atoms with E-state index in [2.05, 4.69) is 0 Å². The Morgan fingerprint density at radius 2 is 1.57 bits per heavy atom. The highest BCUT2D eigenvalue weighted by Crippen LogP contribution is 2.66. The van der Waals surface area contributed by atoms with Gasteiger partial charge in [-0.15, -0.1) is 0 Å². The van der Waals surface area contributed by atoms with Crippen molar-refractivity contribution in [3.05, 3.63) is 46.7 Å². The number of aryl methyl sites for hydroxylation is 1. The summed E-state index contributed by atoms with van der Waals surface area (Å²) in [4.78, 5) is 27.6. The third kappa shape index (κ3) is 3.61. The van der Waals surface area contributed by atoms with Gasteiger partial charge in [-0.2, -0.15) is 30.7 Å². The number of alkyl halides is 7. The summed E-state index contributed by atoms with van der Waals surface area (Å²) >= 11 is 0. The highest BCUT2D eigenvalue weighted by molar-refractivity contribution is 6.02. The smallest absolute Gasteiger partial charge is 0.460 e. The van der Waals surface area contributed by atoms with Crippen LogP contribution in [0.25, 0.3) is 10.9 Å². The maximum Gasteiger partial charge on any atom is 0.460 e. The van der Waals surface area contributed by atoms with Gasteiger partial charge in [0, 0.05) is 29.2 Å². The van der Waals surface area contributed by atoms with Crippen molar-refractivity contribution in [1.82, 2.24) is 4.57 Å². The Morgan fingerprint density at radius 1 is 1.00 bits per heavy atom. The van der Waals surface area contributed by atoms with Crippen LogP contribution in [0, 0.1) is 36.5 Å². The second-order valence-corrected chi connectivity index (χ2v) is 12.2. The van der Waals surface area contributed by atoms with Crippen LogP contribution in [0.2, 0.25) is 0 Å². The molecule has 0 radical (unpaired) electrons. The highest BCUT2D eigenvalue weighted by Gasteiger charge is 2.86. The lowest BCUT2D eigenvalue weighted by atomic mass is 9.52. The van der Waals surface area contributed by atoms with Crippen molar-refractivity contribution in [3.8, 4) is 0 Å². The molecular weight excluding hydrogens is 571 g/mol. The number of benzene rings is 1. The standard InChI is InChI=1S/C30H30F7NO4/c1-4-41-26(40)24-22(21-17-10-15-9-16(12-17)13-18(21)11-15)25(39)42-27(24,28(31,32)29(33,34)30(35,36)37)23-14(2)38(3)20-8-6-5-7-19(20)23/h5-8,15-18,24H,4,9-13H2,1-3H3/t15?,16?,17?,18?,24-,27-/m0/s1. The number of aromatic nitrogens is 1. The van der Waals surface area contributed by atoms with E-state index in [1.54, 1.807) is 0 Å². The van der Waals surface area contributed by atoms with Gasteiger partial charge >= 0.3 is 30.0 Å². The molecule has 5 nitrogen and oxygen atoms in total. The number of ether oxygens (including phenoxy) is 2. The molecule has 0 unspecified atom stereocenters. The van der Waals surface area contributed by atoms with Crippen molar-refractivity contribution in [1.29, 1.82) is 0 Å². The third-order valence-corrected chi connectivity index (χ3v) is 10.0. The van der Waals surface area contributed by atoms with Gasteiger partial charge in [0.15, 0.2) is 0 Å². The fourth-order valence-corrected chi connectivity index (χ4v) is 8.51. The lowest BCUT2D eigenvalue weighted by Gasteiger charge is -2.52. The Bertz CT molecular complexity index is 1480. The number of carbonyl (C=O) groups is 2. The van der Waals surface area contributed by atoms with Crippen molar-refractivity contribution in [2.45, 2.75) is 69.6 Å². The summed E-state index contributed by atoms with van der Waals surface area (Å²) in [6.07, 6.45) is -3.30. The molecule has 4 saturated carbocycles. The van der Waals surface area contributed by atoms with E-state index in [1.807, 2.05) is 0 Å². The van der Waals surface area contributed by atoms with Gasteiger partial charge in [-0.05, 0) is 75.7 Å². The number of nitrogens with zero attached hydrogens (tertiary/aromatic N) is 1. The predicted molar refractivity (Wildman–Crippen MR) is 136 cm³/mol. The largest absolute Gasteiger partial charge is 0.465 e. The molecule has 2 heterocycles. The Balaban J connectivity index is 1.73. The van der Waals surface area contributed by atoms with Crippen LogP contribution in [0.3, 0.4) is 0 Å². The first-order chi connectivity index (χ1) is 19.6. The van der Waals surface area contributed by atoms with Crippen molar-refractivity contribution < 1.29 is 49.8 Å². The molecule has 2 aromatic rings. The first kappa shape index (κ1) is 29.0. The number of hydrogen-bond acceptors (Lipinski definition) is 4. The van der Waals surface area contributed by atoms with Gasteiger partial charge in [-0.1, -0.05) is 23.8 Å². The molecule has 5 fully saturated rings. The maximum atomic E-state index is 16.6. The molecule has 7 rings (SSSR count). The monoisotopic (exact) mass is 601 g/mol. The number of allylic oxidation sites excluding steroid dienone is 1. The minimum Gasteiger partial charge on any atom is -0.465 e. The van der Waals surface area contributed by atoms with Crippen molar-refractivity contribution >= 4 is 22.8 Å². The lowest BCUT2D eigenvalue weighted by molar-refractivity contribution is -0.391. The number of fused-ring (bicyclic) bond motifs is 1. The van der Waals surface area contributed by atoms with Gasteiger partial charge in [-0.3, -0.25) is 4.79 Å². The fraction of sp³-hybridized carbons (Fsp3) is 0.600. The second kappa shape index (κ2) is 9.22. The first-order valence-corrected chi connectivity index (χ1v) is 14.1. The average Bonchev–Trinajstić information content (AvgIpc) is 3.34. The van der Waals surface area contributed by atoms with E-state index in [-0.39, 0.29) is 28.4 Å². The van der Waals surface area contributed by atoms with Crippen LogP contribution in [-0.2, 0) is 31.7 Å². The molecule has 1 aliphatic heterocycles. The van der Waals surface area contributed by atoms with E-state index in [4.69, 9.17) is 9.47 Å². The molecule has 0 amide bonds. The Hall–Kier alpha value is -3.05. The van der Waals surface area contributed by atoms with Gasteiger partial charge < -0.3 is 14.0 Å². The number of cyclic esters (lactones) is 1. The zero-order valence-corrected chi connectivity index (χ0v) is 23.2. The van der Waals surface area contributed by atoms with Crippen molar-refractivity contribution in [2.75, 3.05) is 6.61 Å². The zero-order chi connectivity index (χ0) is 30.6. The summed E-state index contributed by atoms with van der Waals surface area (Å²) in [5.41, 5.74) is -4.96. The van der Waals surface area contributed by atoms with Crippen LogP contribution < -0.4 is 0 Å². The summed E-state index contributed by atoms with van der Waals surface area (Å²) in [5, 5.41) is -0.145. The number of esters is 2. The highest BCUT2D eigenvalue weighted by atomic mass is 19.4. The van der Waals surface area contributed by atoms with Crippen LogP contribution in [0.5, 0.6) is 0 Å². The number of halogens is 7. The molecule has 0 N–H and O–H groups in total. The second-order valence-electron chi connectivity index (χ2n) is 12.2. The van der Waals surface area contributed by atoms with Crippen LogP contribution in [0.1, 0.15) is 50.3 Å². The summed E-state index contributed by atoms with van der Waals surface area (Å²) < 4.78 is 117. The number of hydrogen-bond donors (Lipinski definition) is 0. The lowest BCUT2D eigenvalue weighted by Crippen LogP contribution is -2.65. The molecule has 0 spiro atoms. The normalized spacial score (nSPS) is 31.3. The summed E-state index contributed by atoms with van der Waals surface area (Å²) in [6.45, 7) is 2.20. The van der Waals surface area contributed by atoms with Crippen LogP contribution in [-0.4, -0.2) is 41.1 Å². The quantitative estimate of drug-likeness (QED) is 0.210. The molecule has 1 saturated heterocycles. The molecule has 12 heteroatoms. The van der Waals surface area contributed by atoms with E-state index in [0.29, 0.717) is 43.1 Å². The molecule has 2 atom stereocenters. The van der Waals surface area contributed by atoms with Gasteiger partial charge in [0.1, 0.15) is 5.92 Å². The summed E-state index contributed by atoms with van der Waals surface area (Å²) in [7, 11) is 1.42. The first-order valence-electron chi connectivity index (χ1n) is 14.1. The Kier molecular flexibility index (Phi) is 6.38. The number of rotatable bonds is 5. The molecule has 1 aromatic carbocycles. The molecule has 4 aliphatic carbocycles. The van der Waals surface area contributed by atoms with Gasteiger partial charge in [0.25, 0.3) is 0 Å². The number of para-hydroxylation sites is 1. The molecule has 228 valence electrons. The van der Waals surface area contributed by atoms with Crippen LogP contribution >= 0.6 is 0 Å². The van der Waals surface area contributed by atoms with Crippen LogP contribution in [0.15, 0.2) is 35.4 Å². The molecule has 42 heavy (non-hydrogen) atoms. The van der Waals surface area contributed by atoms with E-state index in [1.165, 1.54) is 49.7 Å². The SMILES string of the molecule is CCOC(=O)[C@@H]1C(=C2C3CC4CC(C3)CC2C4)C(=O)O[C@]1(c1c(C)n(C)c2ccccc12)C(F)(F)C(F)(F)C(F)(F)F. The molecule has 1 aromatic heterocycles. The van der Waals surface area contributed by atoms with E-state index < -0.39 is 59.2 Å². The summed E-state index contributed by atoms with van der Waals surface area (Å²) in [5.74, 6) is -18.3. The van der Waals surface area contributed by atoms with Gasteiger partial charge in [0.2, 0.25) is 5.60 Å². The fourth-order valence-electron chi connectivity index (χ4n) is 8.51. The zero-order valence-electron chi connectivity index (χ0n) is 23.2. The van der Waals surface area contributed by atoms with E-state index >= 15 is 17.6 Å². The van der Waals surface area contributed by atoms with Gasteiger partial charge in [0.05, 0.1) is 12.2 Å². The molecular formula is C30H30F7NO4. The predicted octanol–water partition coefficient (Wildman–Crippen LogP) is 7.00. The van der Waals surface area contributed by atoms with E-state index in [0.717, 1.165) is 6.42 Å². The maximum absolute atomic E-state index is 16.6. The summed E-state index contributed by atoms with van der Waals surface area (Å²) in [6, 6.07) is 5.66. The van der Waals surface area contributed by atoms with Crippen molar-refractivity contribution in [3.63, 3.8) is 0 Å². The van der Waals surface area contributed by atoms with Crippen molar-refractivity contribution in [2.24, 2.45) is 36.6 Å². The Labute approximate surface area is 237 Å². The molecule has 5 aliphatic rings. The van der Waals surface area contributed by atoms with Crippen LogP contribution in [0.4, 0.5) is 30.7 Å². The third-order valence-electron chi connectivity index (χ3n) is 10.0. The number of carbonyl (C=O) groups excluding carboxylic acids is 2. The minimum atomic E-state index is -6.74. The minimum absolute atomic E-state index is 0.145. The van der Waals surface area contributed by atoms with Gasteiger partial charge in [-0.25, -0.2) is 4.79 Å². The Morgan fingerprint density at radius 3 is 2.12 bits per heavy atom. The molecule has 4 bridgehead atoms.